The second kappa shape index (κ2) is 6.16. The van der Waals surface area contributed by atoms with Gasteiger partial charge < -0.3 is 10.2 Å². The number of hydrogen-bond donors (Lipinski definition) is 1. The molecule has 21 heavy (non-hydrogen) atoms. The summed E-state index contributed by atoms with van der Waals surface area (Å²) in [7, 11) is 0. The van der Waals surface area contributed by atoms with E-state index in [0.29, 0.717) is 11.8 Å². The van der Waals surface area contributed by atoms with Gasteiger partial charge in [-0.2, -0.15) is 0 Å². The lowest BCUT2D eigenvalue weighted by atomic mass is 10.0. The van der Waals surface area contributed by atoms with E-state index in [4.69, 9.17) is 0 Å². The molecule has 1 aromatic rings. The zero-order valence-electron chi connectivity index (χ0n) is 12.6. The average molecular weight is 302 g/mol. The molecule has 2 atom stereocenters. The number of rotatable bonds is 3. The zero-order valence-corrected chi connectivity index (χ0v) is 13.5. The Morgan fingerprint density at radius 3 is 2.52 bits per heavy atom. The summed E-state index contributed by atoms with van der Waals surface area (Å²) in [5, 5.41) is 5.48. The fraction of sp³-hybridized carbons (Fsp3) is 0.471. The molecule has 3 nitrogen and oxygen atoms in total. The number of nitrogens with one attached hydrogen (secondary N) is 1. The van der Waals surface area contributed by atoms with Gasteiger partial charge in [-0.25, -0.2) is 0 Å². The van der Waals surface area contributed by atoms with Crippen molar-refractivity contribution in [3.05, 3.63) is 40.1 Å². The Morgan fingerprint density at radius 1 is 1.29 bits per heavy atom. The monoisotopic (exact) mass is 302 g/mol. The summed E-state index contributed by atoms with van der Waals surface area (Å²) >= 11 is 1.69. The van der Waals surface area contributed by atoms with Crippen LogP contribution in [0.1, 0.15) is 18.7 Å². The second-order valence-electron chi connectivity index (χ2n) is 5.77. The van der Waals surface area contributed by atoms with Gasteiger partial charge in [0.1, 0.15) is 0 Å². The van der Waals surface area contributed by atoms with Crippen LogP contribution in [0, 0.1) is 11.8 Å². The highest BCUT2D eigenvalue weighted by molar-refractivity contribution is 7.11. The largest absolute Gasteiger partial charge is 0.338 e. The maximum absolute atomic E-state index is 12.9. The van der Waals surface area contributed by atoms with Crippen molar-refractivity contribution in [2.75, 3.05) is 26.2 Å². The van der Waals surface area contributed by atoms with Crippen molar-refractivity contribution in [1.29, 1.82) is 0 Å². The van der Waals surface area contributed by atoms with Crippen LogP contribution < -0.4 is 5.32 Å². The molecule has 0 aromatic carbocycles. The van der Waals surface area contributed by atoms with Crippen LogP contribution in [0.15, 0.2) is 35.2 Å². The lowest BCUT2D eigenvalue weighted by molar-refractivity contribution is -0.125. The Kier molecular flexibility index (Phi) is 4.27. The highest BCUT2D eigenvalue weighted by Gasteiger charge is 2.38. The van der Waals surface area contributed by atoms with Gasteiger partial charge in [-0.1, -0.05) is 18.2 Å². The standard InChI is InChI=1S/C17H22N2OS/c1-3-14(16-6-5-7-21-16)15(4-2)17(20)19-10-12-8-18-9-13(12)11-19/h3-7,12-13,18H,8-11H2,1-2H3/b14-3+,15-4+. The van der Waals surface area contributed by atoms with Crippen LogP contribution in [0.5, 0.6) is 0 Å². The molecule has 2 fully saturated rings. The van der Waals surface area contributed by atoms with E-state index in [1.165, 1.54) is 4.88 Å². The van der Waals surface area contributed by atoms with E-state index in [0.717, 1.165) is 37.3 Å². The molecule has 112 valence electrons. The minimum absolute atomic E-state index is 0.188. The molecule has 0 radical (unpaired) electrons. The van der Waals surface area contributed by atoms with Gasteiger partial charge in [0.25, 0.3) is 5.91 Å². The first-order valence-electron chi connectivity index (χ1n) is 7.61. The summed E-state index contributed by atoms with van der Waals surface area (Å²) in [6.45, 7) is 7.88. The molecule has 3 rings (SSSR count). The molecule has 2 saturated heterocycles. The zero-order chi connectivity index (χ0) is 14.8. The predicted molar refractivity (Wildman–Crippen MR) is 88.2 cm³/mol. The molecule has 0 saturated carbocycles. The van der Waals surface area contributed by atoms with E-state index >= 15 is 0 Å². The minimum atomic E-state index is 0.188. The van der Waals surface area contributed by atoms with Gasteiger partial charge in [0.05, 0.1) is 0 Å². The molecule has 4 heteroatoms. The van der Waals surface area contributed by atoms with Crippen molar-refractivity contribution in [3.8, 4) is 0 Å². The summed E-state index contributed by atoms with van der Waals surface area (Å²) in [5.41, 5.74) is 1.90. The molecule has 0 spiro atoms. The van der Waals surface area contributed by atoms with Crippen LogP contribution in [0.4, 0.5) is 0 Å². The number of allylic oxidation sites excluding steroid dienone is 2. The lowest BCUT2D eigenvalue weighted by Crippen LogP contribution is -2.33. The summed E-state index contributed by atoms with van der Waals surface area (Å²) in [6, 6.07) is 4.12. The fourth-order valence-corrected chi connectivity index (χ4v) is 4.26. The van der Waals surface area contributed by atoms with E-state index in [1.807, 2.05) is 30.9 Å². The van der Waals surface area contributed by atoms with Crippen molar-refractivity contribution in [1.82, 2.24) is 10.2 Å². The highest BCUT2D eigenvalue weighted by Crippen LogP contribution is 2.32. The van der Waals surface area contributed by atoms with Crippen molar-refractivity contribution >= 4 is 22.8 Å². The quantitative estimate of drug-likeness (QED) is 0.688. The molecule has 2 unspecified atom stereocenters. The molecule has 3 heterocycles. The number of hydrogen-bond acceptors (Lipinski definition) is 3. The van der Waals surface area contributed by atoms with Crippen LogP contribution in [-0.2, 0) is 4.79 Å². The third-order valence-electron chi connectivity index (χ3n) is 4.56. The first-order valence-corrected chi connectivity index (χ1v) is 8.49. The smallest absolute Gasteiger partial charge is 0.254 e. The van der Waals surface area contributed by atoms with E-state index < -0.39 is 0 Å². The number of amides is 1. The first-order chi connectivity index (χ1) is 10.2. The summed E-state index contributed by atoms with van der Waals surface area (Å²) < 4.78 is 0. The lowest BCUT2D eigenvalue weighted by Gasteiger charge is -2.20. The van der Waals surface area contributed by atoms with Crippen LogP contribution in [-0.4, -0.2) is 37.0 Å². The summed E-state index contributed by atoms with van der Waals surface area (Å²) in [4.78, 5) is 16.1. The number of fused-ring (bicyclic) bond motifs is 1. The minimum Gasteiger partial charge on any atom is -0.338 e. The highest BCUT2D eigenvalue weighted by atomic mass is 32.1. The molecule has 2 aliphatic rings. The number of thiophene rings is 1. The third-order valence-corrected chi connectivity index (χ3v) is 5.46. The molecular weight excluding hydrogens is 280 g/mol. The second-order valence-corrected chi connectivity index (χ2v) is 6.72. The number of likely N-dealkylation sites (tertiary alicyclic amines) is 1. The number of carbonyl (C=O) groups is 1. The fourth-order valence-electron chi connectivity index (χ4n) is 3.45. The third kappa shape index (κ3) is 2.70. The van der Waals surface area contributed by atoms with Crippen LogP contribution in [0.3, 0.4) is 0 Å². The number of nitrogens with zero attached hydrogens (tertiary/aromatic N) is 1. The number of carbonyl (C=O) groups excluding carboxylic acids is 1. The van der Waals surface area contributed by atoms with Gasteiger partial charge in [-0.3, -0.25) is 4.79 Å². The Morgan fingerprint density at radius 2 is 2.00 bits per heavy atom. The van der Waals surface area contributed by atoms with Gasteiger partial charge in [0.2, 0.25) is 0 Å². The molecule has 1 N–H and O–H groups in total. The van der Waals surface area contributed by atoms with Crippen LogP contribution in [0.25, 0.3) is 5.57 Å². The van der Waals surface area contributed by atoms with Crippen molar-refractivity contribution < 1.29 is 4.79 Å². The van der Waals surface area contributed by atoms with Gasteiger partial charge in [0.15, 0.2) is 0 Å². The van der Waals surface area contributed by atoms with Crippen molar-refractivity contribution in [2.45, 2.75) is 13.8 Å². The Hall–Kier alpha value is -1.39. The normalized spacial score (nSPS) is 26.3. The van der Waals surface area contributed by atoms with Crippen molar-refractivity contribution in [3.63, 3.8) is 0 Å². The van der Waals surface area contributed by atoms with E-state index in [2.05, 4.69) is 22.8 Å². The molecule has 1 amide bonds. The van der Waals surface area contributed by atoms with E-state index in [1.54, 1.807) is 11.3 Å². The molecule has 1 aromatic heterocycles. The van der Waals surface area contributed by atoms with Gasteiger partial charge in [-0.05, 0) is 42.7 Å². The van der Waals surface area contributed by atoms with Gasteiger partial charge in [-0.15, -0.1) is 11.3 Å². The first kappa shape index (κ1) is 14.5. The van der Waals surface area contributed by atoms with Crippen LogP contribution in [0.2, 0.25) is 0 Å². The molecular formula is C17H22N2OS. The topological polar surface area (TPSA) is 32.3 Å². The van der Waals surface area contributed by atoms with E-state index in [9.17, 15) is 4.79 Å². The van der Waals surface area contributed by atoms with Gasteiger partial charge in [0, 0.05) is 36.6 Å². The maximum Gasteiger partial charge on any atom is 0.254 e. The Bertz CT molecular complexity index is 562. The Labute approximate surface area is 130 Å². The average Bonchev–Trinajstić information content (AvgIpc) is 3.18. The summed E-state index contributed by atoms with van der Waals surface area (Å²) in [5.74, 6) is 1.47. The predicted octanol–water partition coefficient (Wildman–Crippen LogP) is 2.78. The van der Waals surface area contributed by atoms with E-state index in [-0.39, 0.29) is 5.91 Å². The van der Waals surface area contributed by atoms with Crippen LogP contribution >= 0.6 is 11.3 Å². The SMILES string of the molecule is C/C=C(C(=O)N1CC2CNCC2C1)\C(=C/C)c1cccs1. The van der Waals surface area contributed by atoms with Gasteiger partial charge >= 0.3 is 0 Å². The molecule has 0 aliphatic carbocycles. The summed E-state index contributed by atoms with van der Waals surface area (Å²) in [6.07, 6.45) is 4.02. The Balaban J connectivity index is 1.79. The molecule has 2 aliphatic heterocycles. The maximum atomic E-state index is 12.9. The van der Waals surface area contributed by atoms with Crippen molar-refractivity contribution in [2.24, 2.45) is 11.8 Å². The molecule has 0 bridgehead atoms.